The van der Waals surface area contributed by atoms with E-state index in [1.54, 1.807) is 7.05 Å². The Morgan fingerprint density at radius 2 is 1.95 bits per heavy atom. The molecule has 0 atom stereocenters. The van der Waals surface area contributed by atoms with Gasteiger partial charge in [-0.1, -0.05) is 11.6 Å². The van der Waals surface area contributed by atoms with Gasteiger partial charge < -0.3 is 19.8 Å². The van der Waals surface area contributed by atoms with Gasteiger partial charge in [0.25, 0.3) is 0 Å². The molecule has 1 aliphatic rings. The smallest absolute Gasteiger partial charge is 0.689 e. The van der Waals surface area contributed by atoms with Crippen LogP contribution in [0.5, 0.6) is 5.88 Å². The summed E-state index contributed by atoms with van der Waals surface area (Å²) in [5.74, 6) is -1.14. The Labute approximate surface area is 256 Å². The number of aromatic amines is 1. The van der Waals surface area contributed by atoms with Crippen LogP contribution in [0.1, 0.15) is 29.9 Å². The van der Waals surface area contributed by atoms with Crippen molar-refractivity contribution in [3.8, 4) is 17.4 Å². The summed E-state index contributed by atoms with van der Waals surface area (Å²) < 4.78 is 63.7. The standard InChI is InChI=1S/C22H19ClF4N7O2.K/c1-29-16(11-3-4-11)15(18(28)35-2)19-31-7-12(23)21(34-19)36-9-10-5-13(24)17(30-6-10)20-32-8-14(33-20)22(25,26)27;/h5-8,11,28H,3-4,9H2,1-2H3,(H,32,33);/q-1;+1/b16-15+,28-18?;. The molecule has 3 aromatic heterocycles. The normalized spacial score (nSPS) is 13.9. The average Bonchev–Trinajstić information content (AvgIpc) is 3.55. The van der Waals surface area contributed by atoms with Gasteiger partial charge in [-0.2, -0.15) is 18.2 Å². The predicted octanol–water partition coefficient (Wildman–Crippen LogP) is 2.40. The molecular formula is C22H19ClF4KN7O2. The minimum atomic E-state index is -4.65. The molecule has 1 aliphatic carbocycles. The van der Waals surface area contributed by atoms with Crippen LogP contribution < -0.4 is 56.1 Å². The molecule has 9 nitrogen and oxygen atoms in total. The van der Waals surface area contributed by atoms with Crippen LogP contribution in [-0.4, -0.2) is 45.0 Å². The van der Waals surface area contributed by atoms with E-state index in [0.717, 1.165) is 18.9 Å². The molecule has 3 aromatic rings. The summed E-state index contributed by atoms with van der Waals surface area (Å²) in [5.41, 5.74) is -0.268. The molecule has 37 heavy (non-hydrogen) atoms. The Morgan fingerprint density at radius 3 is 2.51 bits per heavy atom. The van der Waals surface area contributed by atoms with Gasteiger partial charge in [0.1, 0.15) is 23.0 Å². The summed E-state index contributed by atoms with van der Waals surface area (Å²) in [5, 5.41) is 12.5. The maximum atomic E-state index is 14.6. The van der Waals surface area contributed by atoms with Crippen molar-refractivity contribution in [2.75, 3.05) is 14.2 Å². The van der Waals surface area contributed by atoms with Crippen molar-refractivity contribution in [3.05, 3.63) is 63.6 Å². The van der Waals surface area contributed by atoms with E-state index in [9.17, 15) is 17.6 Å². The van der Waals surface area contributed by atoms with Gasteiger partial charge in [0.2, 0.25) is 11.8 Å². The van der Waals surface area contributed by atoms with Gasteiger partial charge in [-0.3, -0.25) is 5.41 Å². The van der Waals surface area contributed by atoms with Gasteiger partial charge in [-0.25, -0.2) is 19.3 Å². The van der Waals surface area contributed by atoms with Crippen LogP contribution in [0.4, 0.5) is 17.6 Å². The zero-order valence-electron chi connectivity index (χ0n) is 20.0. The minimum Gasteiger partial charge on any atom is -0.689 e. The second kappa shape index (κ2) is 12.2. The first-order valence-corrected chi connectivity index (χ1v) is 10.9. The molecule has 1 fully saturated rings. The number of H-pyrrole nitrogens is 1. The van der Waals surface area contributed by atoms with E-state index in [4.69, 9.17) is 26.5 Å². The topological polar surface area (TPSA) is 124 Å². The predicted molar refractivity (Wildman–Crippen MR) is 122 cm³/mol. The first kappa shape index (κ1) is 29.5. The molecule has 0 saturated heterocycles. The number of methoxy groups -OCH3 is 1. The van der Waals surface area contributed by atoms with Gasteiger partial charge in [0.15, 0.2) is 17.5 Å². The van der Waals surface area contributed by atoms with Crippen molar-refractivity contribution in [2.45, 2.75) is 25.6 Å². The van der Waals surface area contributed by atoms with E-state index in [2.05, 4.69) is 25.3 Å². The number of pyridine rings is 1. The minimum absolute atomic E-state index is 0. The maximum Gasteiger partial charge on any atom is 1.00 e. The number of aromatic nitrogens is 5. The zero-order chi connectivity index (χ0) is 26.0. The Bertz CT molecular complexity index is 1330. The number of alkyl halides is 3. The third kappa shape index (κ3) is 6.86. The van der Waals surface area contributed by atoms with Crippen LogP contribution in [0, 0.1) is 17.1 Å². The van der Waals surface area contributed by atoms with Crippen LogP contribution in [0.15, 0.2) is 30.4 Å². The fourth-order valence-corrected chi connectivity index (χ4v) is 3.48. The monoisotopic (exact) mass is 563 g/mol. The second-order valence-corrected chi connectivity index (χ2v) is 8.15. The zero-order valence-corrected chi connectivity index (χ0v) is 23.8. The number of rotatable bonds is 8. The summed E-state index contributed by atoms with van der Waals surface area (Å²) in [6, 6.07) is 1.06. The van der Waals surface area contributed by atoms with E-state index >= 15 is 0 Å². The molecule has 0 spiro atoms. The molecule has 190 valence electrons. The molecule has 2 N–H and O–H groups in total. The molecule has 0 aromatic carbocycles. The number of halogens is 5. The van der Waals surface area contributed by atoms with Gasteiger partial charge in [-0.05, 0) is 24.8 Å². The Hall–Kier alpha value is -2.10. The summed E-state index contributed by atoms with van der Waals surface area (Å²) in [7, 11) is 2.97. The van der Waals surface area contributed by atoms with Crippen molar-refractivity contribution in [1.82, 2.24) is 24.9 Å². The van der Waals surface area contributed by atoms with E-state index < -0.39 is 17.7 Å². The molecule has 0 radical (unpaired) electrons. The summed E-state index contributed by atoms with van der Waals surface area (Å²) in [4.78, 5) is 17.9. The maximum absolute atomic E-state index is 14.6. The van der Waals surface area contributed by atoms with Crippen LogP contribution in [0.2, 0.25) is 5.02 Å². The van der Waals surface area contributed by atoms with E-state index in [-0.39, 0.29) is 104 Å². The van der Waals surface area contributed by atoms with Crippen molar-refractivity contribution in [1.29, 1.82) is 5.41 Å². The number of hydrogen-bond acceptors (Lipinski definition) is 7. The molecule has 0 amide bonds. The molecule has 4 rings (SSSR count). The first-order chi connectivity index (χ1) is 17.1. The van der Waals surface area contributed by atoms with Gasteiger partial charge in [0.05, 0.1) is 25.1 Å². The molecule has 15 heteroatoms. The Kier molecular flexibility index (Phi) is 9.69. The molecular weight excluding hydrogens is 545 g/mol. The van der Waals surface area contributed by atoms with Crippen LogP contribution >= 0.6 is 11.6 Å². The Balaban J connectivity index is 0.00000380. The summed E-state index contributed by atoms with van der Waals surface area (Å²) >= 11 is 6.18. The first-order valence-electron chi connectivity index (χ1n) is 10.5. The molecule has 0 unspecified atom stereocenters. The number of nitrogens with one attached hydrogen (secondary N) is 2. The fraction of sp³-hybridized carbons (Fsp3) is 0.318. The molecule has 3 heterocycles. The number of ether oxygens (including phenoxy) is 2. The van der Waals surface area contributed by atoms with Crippen molar-refractivity contribution in [2.24, 2.45) is 5.92 Å². The van der Waals surface area contributed by atoms with E-state index in [1.165, 1.54) is 19.5 Å². The summed E-state index contributed by atoms with van der Waals surface area (Å²) in [6.07, 6.45) is 0.306. The number of hydrogen-bond donors (Lipinski definition) is 2. The van der Waals surface area contributed by atoms with E-state index in [1.807, 2.05) is 4.98 Å². The van der Waals surface area contributed by atoms with Gasteiger partial charge in [0, 0.05) is 11.8 Å². The largest absolute Gasteiger partial charge is 1.00 e. The van der Waals surface area contributed by atoms with Gasteiger partial charge in [-0.15, -0.1) is 12.7 Å². The number of nitrogens with zero attached hydrogens (tertiary/aromatic N) is 5. The number of imidazole rings is 1. The van der Waals surface area contributed by atoms with E-state index in [0.29, 0.717) is 17.5 Å². The third-order valence-corrected chi connectivity index (χ3v) is 5.47. The van der Waals surface area contributed by atoms with Crippen molar-refractivity contribution >= 4 is 23.1 Å². The van der Waals surface area contributed by atoms with Crippen LogP contribution in [0.25, 0.3) is 22.4 Å². The summed E-state index contributed by atoms with van der Waals surface area (Å²) in [6.45, 7) is -0.208. The Morgan fingerprint density at radius 1 is 1.22 bits per heavy atom. The second-order valence-electron chi connectivity index (χ2n) is 7.74. The number of allylic oxidation sites excluding steroid dienone is 1. The fourth-order valence-electron chi connectivity index (χ4n) is 3.33. The van der Waals surface area contributed by atoms with Crippen LogP contribution in [-0.2, 0) is 17.5 Å². The quantitative estimate of drug-likeness (QED) is 0.188. The van der Waals surface area contributed by atoms with Crippen molar-refractivity contribution < 1.29 is 78.4 Å². The van der Waals surface area contributed by atoms with Crippen LogP contribution in [0.3, 0.4) is 0 Å². The molecule has 0 bridgehead atoms. The SMILES string of the molecule is C[N-]/C(=C(\C(=N)OC)c1ncc(Cl)c(OCc2cnc(-c3ncc(C(F)(F)F)[nH]3)c(F)c2)n1)C1CC1.[K+]. The average molecular weight is 564 g/mol. The molecule has 0 aliphatic heterocycles. The van der Waals surface area contributed by atoms with Crippen molar-refractivity contribution in [3.63, 3.8) is 0 Å². The van der Waals surface area contributed by atoms with Gasteiger partial charge >= 0.3 is 57.6 Å². The third-order valence-electron chi connectivity index (χ3n) is 5.21. The molecule has 1 saturated carbocycles.